The molecule has 1 saturated heterocycles. The van der Waals surface area contributed by atoms with E-state index in [9.17, 15) is 14.7 Å². The van der Waals surface area contributed by atoms with Gasteiger partial charge in [-0.1, -0.05) is 36.4 Å². The molecule has 2 aromatic carbocycles. The lowest BCUT2D eigenvalue weighted by Crippen LogP contribution is -2.50. The van der Waals surface area contributed by atoms with Crippen LogP contribution in [0.2, 0.25) is 0 Å². The van der Waals surface area contributed by atoms with Crippen LogP contribution in [0.1, 0.15) is 20.7 Å². The zero-order valence-electron chi connectivity index (χ0n) is 14.4. The third kappa shape index (κ3) is 4.50. The smallest absolute Gasteiger partial charge is 0.338 e. The molecule has 3 rings (SSSR count). The van der Waals surface area contributed by atoms with Crippen LogP contribution in [0.15, 0.2) is 60.7 Å². The van der Waals surface area contributed by atoms with Gasteiger partial charge in [-0.25, -0.2) is 15.0 Å². The van der Waals surface area contributed by atoms with Gasteiger partial charge in [0.1, 0.15) is 18.8 Å². The average molecular weight is 372 g/mol. The number of carbonyl (C=O) groups is 2. The van der Waals surface area contributed by atoms with E-state index in [1.807, 2.05) is 0 Å². The number of hydrogen-bond acceptors (Lipinski definition) is 8. The molecule has 0 radical (unpaired) electrons. The van der Waals surface area contributed by atoms with Crippen LogP contribution in [0.4, 0.5) is 0 Å². The standard InChI is InChI=1S/C19H20N2O6/c20-21-15-16(27-18(23)13-9-5-2-6-10-13)14(26-19(15)24)11-25-17(22)12-7-3-1-4-8-12/h1-10,14-16,19,21,24H,11,20H2/t14-,15-,16-,19-/m1/s1. The maximum atomic E-state index is 12.3. The first-order valence-corrected chi connectivity index (χ1v) is 8.38. The molecule has 8 heteroatoms. The first kappa shape index (κ1) is 19.0. The van der Waals surface area contributed by atoms with E-state index in [1.54, 1.807) is 60.7 Å². The van der Waals surface area contributed by atoms with Gasteiger partial charge >= 0.3 is 11.9 Å². The fraction of sp³-hybridized carbons (Fsp3) is 0.263. The SMILES string of the molecule is NN[C@@H]1[C@H](OC(=O)c2ccccc2)[C@@H](COC(=O)c2ccccc2)O[C@H]1O. The summed E-state index contributed by atoms with van der Waals surface area (Å²) in [5.41, 5.74) is 3.10. The van der Waals surface area contributed by atoms with E-state index < -0.39 is 36.5 Å². The minimum absolute atomic E-state index is 0.213. The molecule has 8 nitrogen and oxygen atoms in total. The molecule has 4 atom stereocenters. The molecule has 142 valence electrons. The molecule has 0 unspecified atom stereocenters. The van der Waals surface area contributed by atoms with Gasteiger partial charge in [0.05, 0.1) is 11.1 Å². The molecular formula is C19H20N2O6. The van der Waals surface area contributed by atoms with Crippen molar-refractivity contribution in [2.75, 3.05) is 6.61 Å². The summed E-state index contributed by atoms with van der Waals surface area (Å²) in [5.74, 6) is 4.30. The molecule has 1 fully saturated rings. The van der Waals surface area contributed by atoms with Gasteiger partial charge in [-0.2, -0.15) is 0 Å². The topological polar surface area (TPSA) is 120 Å². The third-order valence-electron chi connectivity index (χ3n) is 4.18. The minimum atomic E-state index is -1.32. The van der Waals surface area contributed by atoms with Gasteiger partial charge in [0, 0.05) is 0 Å². The van der Waals surface area contributed by atoms with Crippen molar-refractivity contribution in [3.05, 3.63) is 71.8 Å². The van der Waals surface area contributed by atoms with Crippen molar-refractivity contribution in [2.45, 2.75) is 24.5 Å². The van der Waals surface area contributed by atoms with Crippen LogP contribution in [0.5, 0.6) is 0 Å². The number of esters is 2. The Kier molecular flexibility index (Phi) is 6.15. The Hall–Kier alpha value is -2.78. The molecule has 1 aliphatic heterocycles. The number of rotatable bonds is 6. The van der Waals surface area contributed by atoms with E-state index in [0.717, 1.165) is 0 Å². The molecule has 2 aromatic rings. The summed E-state index contributed by atoms with van der Waals surface area (Å²) in [6.45, 7) is -0.213. The Morgan fingerprint density at radius 3 is 2.11 bits per heavy atom. The predicted molar refractivity (Wildman–Crippen MR) is 94.4 cm³/mol. The highest BCUT2D eigenvalue weighted by Gasteiger charge is 2.46. The lowest BCUT2D eigenvalue weighted by molar-refractivity contribution is -0.114. The molecule has 0 saturated carbocycles. The number of aliphatic hydroxyl groups is 1. The maximum absolute atomic E-state index is 12.3. The van der Waals surface area contributed by atoms with Crippen molar-refractivity contribution < 1.29 is 28.9 Å². The van der Waals surface area contributed by atoms with E-state index in [4.69, 9.17) is 20.1 Å². The highest BCUT2D eigenvalue weighted by molar-refractivity contribution is 5.90. The molecular weight excluding hydrogens is 352 g/mol. The molecule has 0 aromatic heterocycles. The predicted octanol–water partition coefficient (Wildman–Crippen LogP) is 0.618. The zero-order chi connectivity index (χ0) is 19.2. The average Bonchev–Trinajstić information content (AvgIpc) is 3.01. The number of benzene rings is 2. The molecule has 1 heterocycles. The van der Waals surface area contributed by atoms with E-state index in [2.05, 4.69) is 5.43 Å². The number of nitrogens with one attached hydrogen (secondary N) is 1. The Bertz CT molecular complexity index is 770. The van der Waals surface area contributed by atoms with E-state index >= 15 is 0 Å². The summed E-state index contributed by atoms with van der Waals surface area (Å²) in [6.07, 6.45) is -3.13. The molecule has 0 aliphatic carbocycles. The fourth-order valence-electron chi connectivity index (χ4n) is 2.78. The number of aliphatic hydroxyl groups excluding tert-OH is 1. The van der Waals surface area contributed by atoms with Crippen LogP contribution in [-0.4, -0.2) is 48.2 Å². The Balaban J connectivity index is 1.67. The van der Waals surface area contributed by atoms with E-state index in [1.165, 1.54) is 0 Å². The number of ether oxygens (including phenoxy) is 3. The Labute approximate surface area is 155 Å². The Morgan fingerprint density at radius 1 is 1.00 bits per heavy atom. The van der Waals surface area contributed by atoms with Gasteiger partial charge in [0.2, 0.25) is 0 Å². The van der Waals surface area contributed by atoms with Gasteiger partial charge in [0.15, 0.2) is 12.4 Å². The molecule has 27 heavy (non-hydrogen) atoms. The third-order valence-corrected chi connectivity index (χ3v) is 4.18. The number of nitrogens with two attached hydrogens (primary N) is 1. The maximum Gasteiger partial charge on any atom is 0.338 e. The van der Waals surface area contributed by atoms with Crippen LogP contribution >= 0.6 is 0 Å². The first-order valence-electron chi connectivity index (χ1n) is 8.38. The number of carbonyl (C=O) groups excluding carboxylic acids is 2. The van der Waals surface area contributed by atoms with Crippen molar-refractivity contribution in [1.29, 1.82) is 0 Å². The minimum Gasteiger partial charge on any atom is -0.459 e. The lowest BCUT2D eigenvalue weighted by Gasteiger charge is -2.22. The number of hydrazine groups is 1. The van der Waals surface area contributed by atoms with Crippen LogP contribution < -0.4 is 11.3 Å². The fourth-order valence-corrected chi connectivity index (χ4v) is 2.78. The second-order valence-electron chi connectivity index (χ2n) is 5.96. The largest absolute Gasteiger partial charge is 0.459 e. The molecule has 0 spiro atoms. The van der Waals surface area contributed by atoms with Crippen molar-refractivity contribution >= 4 is 11.9 Å². The van der Waals surface area contributed by atoms with Gasteiger partial charge < -0.3 is 19.3 Å². The second kappa shape index (κ2) is 8.74. The highest BCUT2D eigenvalue weighted by Crippen LogP contribution is 2.24. The molecule has 0 amide bonds. The van der Waals surface area contributed by atoms with Crippen molar-refractivity contribution in [1.82, 2.24) is 5.43 Å². The molecule has 4 N–H and O–H groups in total. The normalized spacial score (nSPS) is 24.4. The van der Waals surface area contributed by atoms with Crippen molar-refractivity contribution in [3.8, 4) is 0 Å². The van der Waals surface area contributed by atoms with Crippen LogP contribution in [-0.2, 0) is 14.2 Å². The van der Waals surface area contributed by atoms with E-state index in [-0.39, 0.29) is 6.61 Å². The van der Waals surface area contributed by atoms with Crippen LogP contribution in [0.3, 0.4) is 0 Å². The summed E-state index contributed by atoms with van der Waals surface area (Å²) < 4.78 is 16.1. The van der Waals surface area contributed by atoms with Gasteiger partial charge in [0.25, 0.3) is 0 Å². The van der Waals surface area contributed by atoms with E-state index in [0.29, 0.717) is 11.1 Å². The van der Waals surface area contributed by atoms with Gasteiger partial charge in [-0.15, -0.1) is 0 Å². The van der Waals surface area contributed by atoms with Gasteiger partial charge in [-0.05, 0) is 24.3 Å². The zero-order valence-corrected chi connectivity index (χ0v) is 14.4. The first-order chi connectivity index (χ1) is 13.1. The quantitative estimate of drug-likeness (QED) is 0.383. The number of hydrogen-bond donors (Lipinski definition) is 3. The van der Waals surface area contributed by atoms with Gasteiger partial charge in [-0.3, -0.25) is 5.84 Å². The van der Waals surface area contributed by atoms with Crippen molar-refractivity contribution in [2.24, 2.45) is 5.84 Å². The second-order valence-corrected chi connectivity index (χ2v) is 5.96. The van der Waals surface area contributed by atoms with Crippen LogP contribution in [0.25, 0.3) is 0 Å². The lowest BCUT2D eigenvalue weighted by atomic mass is 10.1. The summed E-state index contributed by atoms with van der Waals surface area (Å²) in [5, 5.41) is 10.00. The summed E-state index contributed by atoms with van der Waals surface area (Å²) in [6, 6.07) is 16.0. The summed E-state index contributed by atoms with van der Waals surface area (Å²) in [7, 11) is 0. The van der Waals surface area contributed by atoms with Crippen LogP contribution in [0, 0.1) is 0 Å². The summed E-state index contributed by atoms with van der Waals surface area (Å²) >= 11 is 0. The molecule has 1 aliphatic rings. The van der Waals surface area contributed by atoms with Crippen molar-refractivity contribution in [3.63, 3.8) is 0 Å². The monoisotopic (exact) mass is 372 g/mol. The Morgan fingerprint density at radius 2 is 1.56 bits per heavy atom. The molecule has 0 bridgehead atoms. The summed E-state index contributed by atoms with van der Waals surface area (Å²) in [4.78, 5) is 24.4. The highest BCUT2D eigenvalue weighted by atomic mass is 16.7.